The van der Waals surface area contributed by atoms with Crippen LogP contribution in [-0.4, -0.2) is 33.3 Å². The second-order valence-corrected chi connectivity index (χ2v) is 3.91. The number of hydrogen-bond acceptors (Lipinski definition) is 3. The van der Waals surface area contributed by atoms with Crippen LogP contribution in [0.3, 0.4) is 0 Å². The lowest BCUT2D eigenvalue weighted by Gasteiger charge is -2.11. The molecule has 0 fully saturated rings. The minimum atomic E-state index is -0.881. The van der Waals surface area contributed by atoms with E-state index in [1.165, 1.54) is 4.68 Å². The number of aryl methyl sites for hydroxylation is 1. The Morgan fingerprint density at radius 3 is 2.76 bits per heavy atom. The molecule has 94 valence electrons. The highest BCUT2D eigenvalue weighted by molar-refractivity contribution is 5.92. The zero-order chi connectivity index (χ0) is 12.8. The Balaban J connectivity index is 2.49. The van der Waals surface area contributed by atoms with Crippen molar-refractivity contribution in [3.8, 4) is 0 Å². The van der Waals surface area contributed by atoms with E-state index in [4.69, 9.17) is 5.11 Å². The molecule has 1 unspecified atom stereocenters. The van der Waals surface area contributed by atoms with Crippen LogP contribution < -0.4 is 5.32 Å². The van der Waals surface area contributed by atoms with Gasteiger partial charge in [-0.3, -0.25) is 14.3 Å². The number of carboxylic acid groups (broad SMARTS) is 1. The maximum atomic E-state index is 11.6. The van der Waals surface area contributed by atoms with Gasteiger partial charge in [0.2, 0.25) is 0 Å². The summed E-state index contributed by atoms with van der Waals surface area (Å²) in [5, 5.41) is 15.4. The average molecular weight is 239 g/mol. The lowest BCUT2D eigenvalue weighted by molar-refractivity contribution is -0.141. The molecule has 6 heteroatoms. The lowest BCUT2D eigenvalue weighted by Crippen LogP contribution is -2.33. The summed E-state index contributed by atoms with van der Waals surface area (Å²) in [5.41, 5.74) is 0.299. The van der Waals surface area contributed by atoms with Gasteiger partial charge in [0.25, 0.3) is 5.91 Å². The lowest BCUT2D eigenvalue weighted by atomic mass is 10.0. The van der Waals surface area contributed by atoms with Gasteiger partial charge in [0.15, 0.2) is 0 Å². The van der Waals surface area contributed by atoms with Crippen LogP contribution in [0.15, 0.2) is 12.3 Å². The van der Waals surface area contributed by atoms with E-state index in [1.54, 1.807) is 19.3 Å². The number of hydrogen-bond donors (Lipinski definition) is 2. The summed E-state index contributed by atoms with van der Waals surface area (Å²) in [4.78, 5) is 22.5. The summed E-state index contributed by atoms with van der Waals surface area (Å²) in [6, 6.07) is 1.59. The summed E-state index contributed by atoms with van der Waals surface area (Å²) in [6.45, 7) is 2.05. The minimum absolute atomic E-state index is 0.137. The Morgan fingerprint density at radius 2 is 2.29 bits per heavy atom. The second kappa shape index (κ2) is 6.03. The SMILES string of the molecule is CCCC(CNC(=O)c1ccn(C)n1)C(=O)O. The highest BCUT2D eigenvalue weighted by Crippen LogP contribution is 2.05. The van der Waals surface area contributed by atoms with Crippen molar-refractivity contribution < 1.29 is 14.7 Å². The van der Waals surface area contributed by atoms with Gasteiger partial charge in [0.05, 0.1) is 5.92 Å². The van der Waals surface area contributed by atoms with E-state index < -0.39 is 11.9 Å². The number of rotatable bonds is 6. The van der Waals surface area contributed by atoms with E-state index >= 15 is 0 Å². The van der Waals surface area contributed by atoms with Crippen molar-refractivity contribution >= 4 is 11.9 Å². The van der Waals surface area contributed by atoms with Crippen molar-refractivity contribution in [3.05, 3.63) is 18.0 Å². The fourth-order valence-electron chi connectivity index (χ4n) is 1.50. The molecule has 0 aromatic carbocycles. The molecule has 0 spiro atoms. The highest BCUT2D eigenvalue weighted by atomic mass is 16.4. The standard InChI is InChI=1S/C11H17N3O3/c1-3-4-8(11(16)17)7-12-10(15)9-5-6-14(2)13-9/h5-6,8H,3-4,7H2,1-2H3,(H,12,15)(H,16,17). The molecule has 2 N–H and O–H groups in total. The van der Waals surface area contributed by atoms with Crippen molar-refractivity contribution in [2.24, 2.45) is 13.0 Å². The molecule has 1 aromatic rings. The van der Waals surface area contributed by atoms with Crippen molar-refractivity contribution in [2.75, 3.05) is 6.54 Å². The molecule has 0 bridgehead atoms. The van der Waals surface area contributed by atoms with Crippen molar-refractivity contribution in [1.29, 1.82) is 0 Å². The summed E-state index contributed by atoms with van der Waals surface area (Å²) >= 11 is 0. The number of aliphatic carboxylic acids is 1. The van der Waals surface area contributed by atoms with Gasteiger partial charge < -0.3 is 10.4 Å². The molecule has 1 rings (SSSR count). The van der Waals surface area contributed by atoms with Gasteiger partial charge in [-0.25, -0.2) is 0 Å². The fraction of sp³-hybridized carbons (Fsp3) is 0.545. The molecule has 0 radical (unpaired) electrons. The van der Waals surface area contributed by atoms with E-state index in [2.05, 4.69) is 10.4 Å². The van der Waals surface area contributed by atoms with Crippen molar-refractivity contribution in [2.45, 2.75) is 19.8 Å². The first-order valence-electron chi connectivity index (χ1n) is 5.55. The first kappa shape index (κ1) is 13.2. The topological polar surface area (TPSA) is 84.2 Å². The maximum Gasteiger partial charge on any atom is 0.308 e. The Hall–Kier alpha value is -1.85. The zero-order valence-electron chi connectivity index (χ0n) is 10.0. The number of carboxylic acids is 1. The van der Waals surface area contributed by atoms with Gasteiger partial charge in [0.1, 0.15) is 5.69 Å². The van der Waals surface area contributed by atoms with Crippen LogP contribution in [0.1, 0.15) is 30.3 Å². The van der Waals surface area contributed by atoms with Crippen molar-refractivity contribution in [1.82, 2.24) is 15.1 Å². The van der Waals surface area contributed by atoms with E-state index in [1.807, 2.05) is 6.92 Å². The summed E-state index contributed by atoms with van der Waals surface area (Å²) in [5.74, 6) is -1.76. The number of nitrogens with one attached hydrogen (secondary N) is 1. The van der Waals surface area contributed by atoms with Crippen LogP contribution in [0.25, 0.3) is 0 Å². The number of carbonyl (C=O) groups is 2. The molecule has 0 saturated carbocycles. The van der Waals surface area contributed by atoms with Gasteiger partial charge in [-0.2, -0.15) is 5.10 Å². The third-order valence-electron chi connectivity index (χ3n) is 2.44. The predicted molar refractivity (Wildman–Crippen MR) is 61.6 cm³/mol. The molecular formula is C11H17N3O3. The largest absolute Gasteiger partial charge is 0.481 e. The van der Waals surface area contributed by atoms with E-state index in [-0.39, 0.29) is 12.5 Å². The van der Waals surface area contributed by atoms with Gasteiger partial charge >= 0.3 is 5.97 Å². The Kier molecular flexibility index (Phi) is 4.68. The van der Waals surface area contributed by atoms with Gasteiger partial charge in [-0.1, -0.05) is 13.3 Å². The molecule has 0 aliphatic rings. The Morgan fingerprint density at radius 1 is 1.59 bits per heavy atom. The monoisotopic (exact) mass is 239 g/mol. The Bertz CT molecular complexity index is 400. The molecule has 0 saturated heterocycles. The second-order valence-electron chi connectivity index (χ2n) is 3.91. The van der Waals surface area contributed by atoms with E-state index in [9.17, 15) is 9.59 Å². The summed E-state index contributed by atoms with van der Waals surface area (Å²) in [6.07, 6.45) is 2.99. The number of nitrogens with zero attached hydrogens (tertiary/aromatic N) is 2. The quantitative estimate of drug-likeness (QED) is 0.763. The highest BCUT2D eigenvalue weighted by Gasteiger charge is 2.18. The summed E-state index contributed by atoms with van der Waals surface area (Å²) < 4.78 is 1.52. The predicted octanol–water partition coefficient (Wildman–Crippen LogP) is 0.651. The minimum Gasteiger partial charge on any atom is -0.481 e. The van der Waals surface area contributed by atoms with Gasteiger partial charge in [0, 0.05) is 19.8 Å². The van der Waals surface area contributed by atoms with Crippen LogP contribution in [0.2, 0.25) is 0 Å². The molecule has 0 aliphatic carbocycles. The summed E-state index contributed by atoms with van der Waals surface area (Å²) in [7, 11) is 1.72. The molecule has 6 nitrogen and oxygen atoms in total. The van der Waals surface area contributed by atoms with Crippen molar-refractivity contribution in [3.63, 3.8) is 0 Å². The van der Waals surface area contributed by atoms with Crippen LogP contribution in [0, 0.1) is 5.92 Å². The fourth-order valence-corrected chi connectivity index (χ4v) is 1.50. The number of aromatic nitrogens is 2. The molecule has 17 heavy (non-hydrogen) atoms. The average Bonchev–Trinajstić information content (AvgIpc) is 2.70. The van der Waals surface area contributed by atoms with Crippen LogP contribution >= 0.6 is 0 Å². The molecule has 1 heterocycles. The van der Waals surface area contributed by atoms with E-state index in [0.29, 0.717) is 12.1 Å². The van der Waals surface area contributed by atoms with Crippen LogP contribution in [-0.2, 0) is 11.8 Å². The number of carbonyl (C=O) groups excluding carboxylic acids is 1. The third kappa shape index (κ3) is 3.90. The zero-order valence-corrected chi connectivity index (χ0v) is 10.0. The molecule has 0 aliphatic heterocycles. The van der Waals surface area contributed by atoms with Gasteiger partial charge in [-0.15, -0.1) is 0 Å². The molecule has 1 aromatic heterocycles. The maximum absolute atomic E-state index is 11.6. The van der Waals surface area contributed by atoms with Crippen LogP contribution in [0.4, 0.5) is 0 Å². The van der Waals surface area contributed by atoms with Crippen LogP contribution in [0.5, 0.6) is 0 Å². The number of amides is 1. The first-order valence-corrected chi connectivity index (χ1v) is 5.55. The normalized spacial score (nSPS) is 12.1. The smallest absolute Gasteiger partial charge is 0.308 e. The molecular weight excluding hydrogens is 222 g/mol. The third-order valence-corrected chi connectivity index (χ3v) is 2.44. The molecule has 1 amide bonds. The van der Waals surface area contributed by atoms with Gasteiger partial charge in [-0.05, 0) is 12.5 Å². The van der Waals surface area contributed by atoms with E-state index in [0.717, 1.165) is 6.42 Å². The Labute approximate surface area is 99.6 Å². The molecule has 1 atom stereocenters. The first-order chi connectivity index (χ1) is 8.04.